The minimum Gasteiger partial charge on any atom is -0.496 e. The van der Waals surface area contributed by atoms with Gasteiger partial charge in [0.1, 0.15) is 5.75 Å². The Morgan fingerprint density at radius 1 is 1.32 bits per heavy atom. The first-order chi connectivity index (χ1) is 9.19. The van der Waals surface area contributed by atoms with Crippen molar-refractivity contribution in [3.63, 3.8) is 0 Å². The zero-order valence-corrected chi connectivity index (χ0v) is 12.5. The van der Waals surface area contributed by atoms with E-state index in [0.717, 1.165) is 30.7 Å². The summed E-state index contributed by atoms with van der Waals surface area (Å²) in [5.74, 6) is 2.77. The van der Waals surface area contributed by atoms with Crippen LogP contribution in [0, 0.1) is 18.8 Å². The summed E-state index contributed by atoms with van der Waals surface area (Å²) in [6.07, 6.45) is 5.60. The van der Waals surface area contributed by atoms with Crippen LogP contribution in [0.5, 0.6) is 5.75 Å². The summed E-state index contributed by atoms with van der Waals surface area (Å²) in [7, 11) is 1.75. The van der Waals surface area contributed by atoms with Crippen LogP contribution in [0.4, 0.5) is 0 Å². The molecule has 2 atom stereocenters. The zero-order chi connectivity index (χ0) is 13.7. The molecule has 2 heteroatoms. The number of benzene rings is 1. The van der Waals surface area contributed by atoms with Gasteiger partial charge in [-0.05, 0) is 44.2 Å². The van der Waals surface area contributed by atoms with Gasteiger partial charge in [-0.25, -0.2) is 0 Å². The van der Waals surface area contributed by atoms with Crippen LogP contribution in [0.3, 0.4) is 0 Å². The summed E-state index contributed by atoms with van der Waals surface area (Å²) in [6.45, 7) is 6.57. The van der Waals surface area contributed by atoms with Crippen LogP contribution in [0.25, 0.3) is 0 Å². The molecule has 1 aromatic rings. The largest absolute Gasteiger partial charge is 0.496 e. The number of hydrogen-bond acceptors (Lipinski definition) is 2. The first kappa shape index (κ1) is 14.4. The molecule has 1 aromatic carbocycles. The molecule has 106 valence electrons. The van der Waals surface area contributed by atoms with Crippen molar-refractivity contribution in [3.8, 4) is 5.75 Å². The van der Waals surface area contributed by atoms with Crippen LogP contribution in [-0.4, -0.2) is 13.7 Å². The highest BCUT2D eigenvalue weighted by atomic mass is 16.5. The molecule has 19 heavy (non-hydrogen) atoms. The minimum atomic E-state index is 0.861. The van der Waals surface area contributed by atoms with Crippen molar-refractivity contribution in [2.75, 3.05) is 13.7 Å². The molecule has 2 nitrogen and oxygen atoms in total. The monoisotopic (exact) mass is 261 g/mol. The van der Waals surface area contributed by atoms with E-state index in [1.54, 1.807) is 7.11 Å². The predicted octanol–water partition coefficient (Wildman–Crippen LogP) is 3.92. The van der Waals surface area contributed by atoms with E-state index in [2.05, 4.69) is 37.4 Å². The van der Waals surface area contributed by atoms with Crippen molar-refractivity contribution < 1.29 is 4.74 Å². The normalized spacial score (nSPS) is 23.3. The van der Waals surface area contributed by atoms with Crippen LogP contribution < -0.4 is 10.1 Å². The first-order valence-electron chi connectivity index (χ1n) is 7.53. The molecule has 2 unspecified atom stereocenters. The van der Waals surface area contributed by atoms with Gasteiger partial charge in [-0.2, -0.15) is 0 Å². The molecule has 0 amide bonds. The highest BCUT2D eigenvalue weighted by Gasteiger charge is 2.18. The lowest BCUT2D eigenvalue weighted by atomic mass is 9.82. The Kier molecular flexibility index (Phi) is 5.26. The van der Waals surface area contributed by atoms with Gasteiger partial charge in [-0.3, -0.25) is 0 Å². The number of aryl methyl sites for hydroxylation is 1. The smallest absolute Gasteiger partial charge is 0.123 e. The third-order valence-electron chi connectivity index (χ3n) is 4.23. The van der Waals surface area contributed by atoms with Crippen molar-refractivity contribution in [2.45, 2.75) is 46.1 Å². The maximum Gasteiger partial charge on any atom is 0.123 e. The van der Waals surface area contributed by atoms with Gasteiger partial charge < -0.3 is 10.1 Å². The Morgan fingerprint density at radius 3 is 2.89 bits per heavy atom. The highest BCUT2D eigenvalue weighted by Crippen LogP contribution is 2.28. The van der Waals surface area contributed by atoms with E-state index in [1.807, 2.05) is 0 Å². The summed E-state index contributed by atoms with van der Waals surface area (Å²) in [5.41, 5.74) is 2.57. The third-order valence-corrected chi connectivity index (χ3v) is 4.23. The molecule has 1 aliphatic rings. The van der Waals surface area contributed by atoms with Crippen molar-refractivity contribution in [1.82, 2.24) is 5.32 Å². The average molecular weight is 261 g/mol. The molecule has 0 aromatic heterocycles. The number of methoxy groups -OCH3 is 1. The predicted molar refractivity (Wildman–Crippen MR) is 80.6 cm³/mol. The molecule has 1 N–H and O–H groups in total. The van der Waals surface area contributed by atoms with Crippen LogP contribution in [0.1, 0.15) is 43.7 Å². The highest BCUT2D eigenvalue weighted by molar-refractivity contribution is 5.36. The molecule has 1 aliphatic carbocycles. The van der Waals surface area contributed by atoms with Gasteiger partial charge in [0.25, 0.3) is 0 Å². The summed E-state index contributed by atoms with van der Waals surface area (Å²) >= 11 is 0. The second-order valence-corrected chi connectivity index (χ2v) is 6.08. The molecule has 1 fully saturated rings. The molecule has 0 spiro atoms. The molecule has 0 heterocycles. The third kappa shape index (κ3) is 4.24. The fourth-order valence-electron chi connectivity index (χ4n) is 3.20. The van der Waals surface area contributed by atoms with Crippen molar-refractivity contribution in [1.29, 1.82) is 0 Å². The zero-order valence-electron chi connectivity index (χ0n) is 12.5. The molecule has 2 rings (SSSR count). The van der Waals surface area contributed by atoms with Gasteiger partial charge in [0, 0.05) is 12.1 Å². The Balaban J connectivity index is 1.83. The topological polar surface area (TPSA) is 21.3 Å². The summed E-state index contributed by atoms with van der Waals surface area (Å²) in [5, 5.41) is 3.61. The second-order valence-electron chi connectivity index (χ2n) is 6.08. The maximum absolute atomic E-state index is 5.42. The fourth-order valence-corrected chi connectivity index (χ4v) is 3.20. The van der Waals surface area contributed by atoms with Crippen molar-refractivity contribution in [2.24, 2.45) is 11.8 Å². The van der Waals surface area contributed by atoms with Crippen LogP contribution in [-0.2, 0) is 6.54 Å². The van der Waals surface area contributed by atoms with Crippen molar-refractivity contribution >= 4 is 0 Å². The Morgan fingerprint density at radius 2 is 2.16 bits per heavy atom. The molecule has 0 saturated heterocycles. The lowest BCUT2D eigenvalue weighted by Crippen LogP contribution is -2.26. The molecular weight excluding hydrogens is 234 g/mol. The Hall–Kier alpha value is -1.02. The second kappa shape index (κ2) is 6.95. The molecular formula is C17H27NO. The van der Waals surface area contributed by atoms with E-state index >= 15 is 0 Å². The van der Waals surface area contributed by atoms with E-state index < -0.39 is 0 Å². The number of rotatable bonds is 5. The van der Waals surface area contributed by atoms with Gasteiger partial charge in [0.05, 0.1) is 7.11 Å². The van der Waals surface area contributed by atoms with Crippen molar-refractivity contribution in [3.05, 3.63) is 29.3 Å². The van der Waals surface area contributed by atoms with Crippen LogP contribution in [0.2, 0.25) is 0 Å². The summed E-state index contributed by atoms with van der Waals surface area (Å²) < 4.78 is 5.42. The van der Waals surface area contributed by atoms with E-state index in [4.69, 9.17) is 4.74 Å². The van der Waals surface area contributed by atoms with E-state index in [0.29, 0.717) is 0 Å². The molecule has 1 saturated carbocycles. The quantitative estimate of drug-likeness (QED) is 0.867. The summed E-state index contributed by atoms with van der Waals surface area (Å²) in [6, 6.07) is 6.38. The van der Waals surface area contributed by atoms with Gasteiger partial charge in [0.15, 0.2) is 0 Å². The number of ether oxygens (including phenoxy) is 1. The van der Waals surface area contributed by atoms with Gasteiger partial charge in [-0.15, -0.1) is 0 Å². The maximum atomic E-state index is 5.42. The molecule has 0 aliphatic heterocycles. The van der Waals surface area contributed by atoms with Gasteiger partial charge >= 0.3 is 0 Å². The molecule has 0 bridgehead atoms. The lowest BCUT2D eigenvalue weighted by molar-refractivity contribution is 0.273. The van der Waals surface area contributed by atoms with E-state index in [9.17, 15) is 0 Å². The average Bonchev–Trinajstić information content (AvgIpc) is 2.39. The number of nitrogens with one attached hydrogen (secondary N) is 1. The van der Waals surface area contributed by atoms with Crippen LogP contribution >= 0.6 is 0 Å². The molecule has 0 radical (unpaired) electrons. The lowest BCUT2D eigenvalue weighted by Gasteiger charge is -2.27. The van der Waals surface area contributed by atoms with E-state index in [-0.39, 0.29) is 0 Å². The van der Waals surface area contributed by atoms with Gasteiger partial charge in [0.2, 0.25) is 0 Å². The van der Waals surface area contributed by atoms with Crippen LogP contribution in [0.15, 0.2) is 18.2 Å². The van der Waals surface area contributed by atoms with Gasteiger partial charge in [-0.1, -0.05) is 37.5 Å². The summed E-state index contributed by atoms with van der Waals surface area (Å²) in [4.78, 5) is 0. The minimum absolute atomic E-state index is 0.861. The van der Waals surface area contributed by atoms with E-state index in [1.165, 1.54) is 36.8 Å². The number of hydrogen-bond donors (Lipinski definition) is 1. The fraction of sp³-hybridized carbons (Fsp3) is 0.647. The standard InChI is InChI=1S/C17H27NO/c1-13-5-4-6-15(9-13)11-18-12-16-10-14(2)7-8-17(16)19-3/h7-8,10,13,15,18H,4-6,9,11-12H2,1-3H3. The first-order valence-corrected chi connectivity index (χ1v) is 7.53. The SMILES string of the molecule is COc1ccc(C)cc1CNCC1CCCC(C)C1. The Bertz CT molecular complexity index is 402. The Labute approximate surface area is 117 Å².